The molecular weight excluding hydrogens is 331 g/mol. The van der Waals surface area contributed by atoms with Gasteiger partial charge < -0.3 is 10.1 Å². The molecule has 0 aromatic heterocycles. The van der Waals surface area contributed by atoms with Crippen LogP contribution in [0.1, 0.15) is 16.7 Å². The Bertz CT molecular complexity index is 804. The largest absolute Gasteiger partial charge is 0.484 e. The zero-order valence-electron chi connectivity index (χ0n) is 13.5. The average Bonchev–Trinajstić information content (AvgIpc) is 2.56. The molecule has 0 saturated carbocycles. The Labute approximate surface area is 143 Å². The van der Waals surface area contributed by atoms with Gasteiger partial charge in [-0.15, -0.1) is 0 Å². The van der Waals surface area contributed by atoms with Crippen molar-refractivity contribution in [2.24, 2.45) is 0 Å². The van der Waals surface area contributed by atoms with E-state index in [1.54, 1.807) is 12.1 Å². The van der Waals surface area contributed by atoms with Gasteiger partial charge in [0.2, 0.25) is 0 Å². The number of carbonyl (C=O) groups excluding carboxylic acids is 1. The monoisotopic (exact) mass is 347 g/mol. The van der Waals surface area contributed by atoms with E-state index in [2.05, 4.69) is 17.2 Å². The molecule has 25 heavy (non-hydrogen) atoms. The second-order valence-electron chi connectivity index (χ2n) is 5.26. The molecule has 0 aliphatic rings. The highest BCUT2D eigenvalue weighted by molar-refractivity contribution is 5.77. The van der Waals surface area contributed by atoms with Crippen molar-refractivity contribution in [1.82, 2.24) is 5.32 Å². The van der Waals surface area contributed by atoms with Crippen LogP contribution in [0.3, 0.4) is 0 Å². The summed E-state index contributed by atoms with van der Waals surface area (Å²) in [4.78, 5) is 11.6. The minimum atomic E-state index is -4.40. The van der Waals surface area contributed by atoms with Gasteiger partial charge in [-0.1, -0.05) is 30.0 Å². The highest BCUT2D eigenvalue weighted by Gasteiger charge is 2.30. The molecule has 0 aliphatic carbocycles. The highest BCUT2D eigenvalue weighted by atomic mass is 19.4. The third-order valence-electron chi connectivity index (χ3n) is 3.16. The maximum absolute atomic E-state index is 12.6. The standard InChI is InChI=1S/C19H16F3NO2/c1-14-5-2-9-17(11-14)25-13-18(24)23-10-4-7-15-6-3-8-16(12-15)19(20,21)22/h2-3,5-6,8-9,11-12H,10,13H2,1H3,(H,23,24). The van der Waals surface area contributed by atoms with E-state index in [0.29, 0.717) is 5.75 Å². The number of alkyl halides is 3. The fourth-order valence-electron chi connectivity index (χ4n) is 1.97. The molecule has 0 atom stereocenters. The molecule has 2 aromatic carbocycles. The van der Waals surface area contributed by atoms with Gasteiger partial charge in [0.15, 0.2) is 6.61 Å². The van der Waals surface area contributed by atoms with E-state index >= 15 is 0 Å². The van der Waals surface area contributed by atoms with Crippen LogP contribution in [0, 0.1) is 18.8 Å². The normalized spacial score (nSPS) is 10.6. The third-order valence-corrected chi connectivity index (χ3v) is 3.16. The summed E-state index contributed by atoms with van der Waals surface area (Å²) in [6, 6.07) is 12.0. The first-order valence-electron chi connectivity index (χ1n) is 7.47. The second-order valence-corrected chi connectivity index (χ2v) is 5.26. The average molecular weight is 347 g/mol. The van der Waals surface area contributed by atoms with E-state index in [1.165, 1.54) is 12.1 Å². The third kappa shape index (κ3) is 6.22. The number of rotatable bonds is 4. The summed E-state index contributed by atoms with van der Waals surface area (Å²) >= 11 is 0. The molecule has 0 bridgehead atoms. The lowest BCUT2D eigenvalue weighted by molar-refractivity contribution is -0.137. The summed E-state index contributed by atoms with van der Waals surface area (Å²) in [5.74, 6) is 5.43. The van der Waals surface area contributed by atoms with Crippen LogP contribution in [0.2, 0.25) is 0 Å². The number of benzene rings is 2. The van der Waals surface area contributed by atoms with Gasteiger partial charge in [0, 0.05) is 5.56 Å². The van der Waals surface area contributed by atoms with Crippen molar-refractivity contribution in [3.05, 3.63) is 65.2 Å². The van der Waals surface area contributed by atoms with Crippen LogP contribution in [0.15, 0.2) is 48.5 Å². The number of hydrogen-bond acceptors (Lipinski definition) is 2. The maximum Gasteiger partial charge on any atom is 0.416 e. The second kappa shape index (κ2) is 8.25. The van der Waals surface area contributed by atoms with Gasteiger partial charge in [-0.05, 0) is 42.8 Å². The molecule has 0 unspecified atom stereocenters. The first-order valence-corrected chi connectivity index (χ1v) is 7.47. The molecule has 0 saturated heterocycles. The number of carbonyl (C=O) groups is 1. The zero-order chi connectivity index (χ0) is 18.3. The van der Waals surface area contributed by atoms with Gasteiger partial charge in [0.1, 0.15) is 5.75 Å². The van der Waals surface area contributed by atoms with E-state index in [0.717, 1.165) is 17.7 Å². The number of aryl methyl sites for hydroxylation is 1. The summed E-state index contributed by atoms with van der Waals surface area (Å²) in [6.07, 6.45) is -4.40. The first kappa shape index (κ1) is 18.4. The molecule has 0 spiro atoms. The smallest absolute Gasteiger partial charge is 0.416 e. The molecule has 0 aliphatic heterocycles. The van der Waals surface area contributed by atoms with Crippen molar-refractivity contribution in [3.63, 3.8) is 0 Å². The zero-order valence-corrected chi connectivity index (χ0v) is 13.5. The van der Waals surface area contributed by atoms with Crippen LogP contribution in [-0.4, -0.2) is 19.1 Å². The van der Waals surface area contributed by atoms with Crippen LogP contribution in [0.5, 0.6) is 5.75 Å². The van der Waals surface area contributed by atoms with Gasteiger partial charge in [-0.3, -0.25) is 4.79 Å². The van der Waals surface area contributed by atoms with Crippen LogP contribution in [-0.2, 0) is 11.0 Å². The van der Waals surface area contributed by atoms with Gasteiger partial charge in [0.05, 0.1) is 12.1 Å². The predicted octanol–water partition coefficient (Wildman–Crippen LogP) is 3.56. The Kier molecular flexibility index (Phi) is 6.07. The SMILES string of the molecule is Cc1cccc(OCC(=O)NCC#Cc2cccc(C(F)(F)F)c2)c1. The molecular formula is C19H16F3NO2. The van der Waals surface area contributed by atoms with Crippen molar-refractivity contribution in [1.29, 1.82) is 0 Å². The fraction of sp³-hybridized carbons (Fsp3) is 0.211. The molecule has 2 aromatic rings. The molecule has 2 rings (SSSR count). The summed E-state index contributed by atoms with van der Waals surface area (Å²) in [6.45, 7) is 1.78. The molecule has 0 radical (unpaired) electrons. The number of ether oxygens (including phenoxy) is 1. The Morgan fingerprint density at radius 1 is 1.16 bits per heavy atom. The Hall–Kier alpha value is -2.94. The Balaban J connectivity index is 1.81. The molecule has 130 valence electrons. The first-order chi connectivity index (χ1) is 11.8. The minimum Gasteiger partial charge on any atom is -0.484 e. The fourth-order valence-corrected chi connectivity index (χ4v) is 1.97. The van der Waals surface area contributed by atoms with E-state index in [9.17, 15) is 18.0 Å². The van der Waals surface area contributed by atoms with Crippen molar-refractivity contribution < 1.29 is 22.7 Å². The van der Waals surface area contributed by atoms with Crippen molar-refractivity contribution in [2.75, 3.05) is 13.2 Å². The van der Waals surface area contributed by atoms with Gasteiger partial charge in [-0.25, -0.2) is 0 Å². The minimum absolute atomic E-state index is 0.0201. The van der Waals surface area contributed by atoms with E-state index in [1.807, 2.05) is 19.1 Å². The molecule has 0 fully saturated rings. The molecule has 1 amide bonds. The molecule has 1 N–H and O–H groups in total. The van der Waals surface area contributed by atoms with E-state index < -0.39 is 11.7 Å². The summed E-state index contributed by atoms with van der Waals surface area (Å²) in [5.41, 5.74) is 0.500. The predicted molar refractivity (Wildman–Crippen MR) is 88.0 cm³/mol. The lowest BCUT2D eigenvalue weighted by Gasteiger charge is -2.06. The number of amides is 1. The summed E-state index contributed by atoms with van der Waals surface area (Å²) in [7, 11) is 0. The number of hydrogen-bond donors (Lipinski definition) is 1. The van der Waals surface area contributed by atoms with Crippen molar-refractivity contribution >= 4 is 5.91 Å². The summed E-state index contributed by atoms with van der Waals surface area (Å²) in [5, 5.41) is 2.52. The topological polar surface area (TPSA) is 38.3 Å². The van der Waals surface area contributed by atoms with Crippen molar-refractivity contribution in [3.8, 4) is 17.6 Å². The molecule has 6 heteroatoms. The van der Waals surface area contributed by atoms with Gasteiger partial charge in [0.25, 0.3) is 5.91 Å². The van der Waals surface area contributed by atoms with Gasteiger partial charge >= 0.3 is 6.18 Å². The van der Waals surface area contributed by atoms with Crippen molar-refractivity contribution in [2.45, 2.75) is 13.1 Å². The van der Waals surface area contributed by atoms with Gasteiger partial charge in [-0.2, -0.15) is 13.2 Å². The molecule has 3 nitrogen and oxygen atoms in total. The van der Waals surface area contributed by atoms with Crippen LogP contribution < -0.4 is 10.1 Å². The van der Waals surface area contributed by atoms with E-state index in [4.69, 9.17) is 4.74 Å². The van der Waals surface area contributed by atoms with Crippen LogP contribution in [0.4, 0.5) is 13.2 Å². The summed E-state index contributed by atoms with van der Waals surface area (Å²) < 4.78 is 43.1. The van der Waals surface area contributed by atoms with E-state index in [-0.39, 0.29) is 24.6 Å². The number of nitrogens with one attached hydrogen (secondary N) is 1. The lowest BCUT2D eigenvalue weighted by Crippen LogP contribution is -2.29. The molecule has 0 heterocycles. The van der Waals surface area contributed by atoms with Crippen LogP contribution >= 0.6 is 0 Å². The Morgan fingerprint density at radius 3 is 2.64 bits per heavy atom. The highest BCUT2D eigenvalue weighted by Crippen LogP contribution is 2.29. The Morgan fingerprint density at radius 2 is 1.92 bits per heavy atom. The van der Waals surface area contributed by atoms with Crippen LogP contribution in [0.25, 0.3) is 0 Å². The number of halogens is 3. The quantitative estimate of drug-likeness (QED) is 0.859. The lowest BCUT2D eigenvalue weighted by atomic mass is 10.1. The maximum atomic E-state index is 12.6.